The van der Waals surface area contributed by atoms with Gasteiger partial charge >= 0.3 is 6.18 Å². The molecule has 246 valence electrons. The van der Waals surface area contributed by atoms with Gasteiger partial charge < -0.3 is 10.1 Å². The molecule has 3 aromatic carbocycles. The highest BCUT2D eigenvalue weighted by atomic mass is 32.2. The van der Waals surface area contributed by atoms with E-state index >= 15 is 0 Å². The summed E-state index contributed by atoms with van der Waals surface area (Å²) in [5.41, 5.74) is 0.646. The van der Waals surface area contributed by atoms with Gasteiger partial charge in [-0.15, -0.1) is 0 Å². The molecular formula is C32H33F4N3O5S2. The van der Waals surface area contributed by atoms with E-state index in [1.54, 1.807) is 12.1 Å². The number of oxime groups is 1. The lowest BCUT2D eigenvalue weighted by molar-refractivity contribution is -0.137. The number of rotatable bonds is 5. The first-order valence-electron chi connectivity index (χ1n) is 14.9. The second-order valence-electron chi connectivity index (χ2n) is 12.8. The summed E-state index contributed by atoms with van der Waals surface area (Å²) < 4.78 is 110. The van der Waals surface area contributed by atoms with Gasteiger partial charge in [-0.25, -0.2) is 21.2 Å². The molecule has 1 saturated heterocycles. The van der Waals surface area contributed by atoms with Gasteiger partial charge in [0, 0.05) is 43.0 Å². The average molecular weight is 680 g/mol. The van der Waals surface area contributed by atoms with E-state index < -0.39 is 42.7 Å². The molecule has 2 aliphatic carbocycles. The second-order valence-corrected chi connectivity index (χ2v) is 17.0. The molecule has 46 heavy (non-hydrogen) atoms. The van der Waals surface area contributed by atoms with E-state index in [2.05, 4.69) is 19.0 Å². The molecule has 1 heterocycles. The van der Waals surface area contributed by atoms with Crippen molar-refractivity contribution in [2.75, 3.05) is 31.1 Å². The maximum absolute atomic E-state index is 13.7. The van der Waals surface area contributed by atoms with Crippen molar-refractivity contribution in [1.29, 1.82) is 0 Å². The third-order valence-electron chi connectivity index (χ3n) is 9.42. The van der Waals surface area contributed by atoms with Gasteiger partial charge in [0.15, 0.2) is 9.84 Å². The zero-order valence-corrected chi connectivity index (χ0v) is 26.8. The minimum Gasteiger partial charge on any atom is -0.410 e. The van der Waals surface area contributed by atoms with Gasteiger partial charge in [0.25, 0.3) is 0 Å². The molecule has 14 heteroatoms. The van der Waals surface area contributed by atoms with Crippen LogP contribution in [-0.2, 0) is 26.0 Å². The summed E-state index contributed by atoms with van der Waals surface area (Å²) in [6.07, 6.45) is -2.09. The topological polar surface area (TPSA) is 107 Å². The largest absolute Gasteiger partial charge is 0.418 e. The predicted molar refractivity (Wildman–Crippen MR) is 165 cm³/mol. The van der Waals surface area contributed by atoms with Crippen LogP contribution in [-0.4, -0.2) is 63.5 Å². The molecule has 1 saturated carbocycles. The van der Waals surface area contributed by atoms with Crippen LogP contribution in [0, 0.1) is 11.2 Å². The Labute approximate surface area is 265 Å². The molecule has 0 unspecified atom stereocenters. The molecule has 8 nitrogen and oxygen atoms in total. The van der Waals surface area contributed by atoms with Gasteiger partial charge in [-0.3, -0.25) is 0 Å². The van der Waals surface area contributed by atoms with Crippen molar-refractivity contribution < 1.29 is 39.6 Å². The fourth-order valence-electron chi connectivity index (χ4n) is 6.70. The number of benzene rings is 3. The Morgan fingerprint density at radius 1 is 0.804 bits per heavy atom. The molecule has 0 bridgehead atoms. The van der Waals surface area contributed by atoms with Crippen LogP contribution in [0.1, 0.15) is 56.2 Å². The normalized spacial score (nSPS) is 20.1. The summed E-state index contributed by atoms with van der Waals surface area (Å²) in [5, 5.41) is 12.9. The number of sulfonamides is 1. The van der Waals surface area contributed by atoms with E-state index in [1.807, 2.05) is 0 Å². The highest BCUT2D eigenvalue weighted by Gasteiger charge is 2.39. The third-order valence-corrected chi connectivity index (χ3v) is 13.6. The first kappa shape index (κ1) is 32.5. The fourth-order valence-corrected chi connectivity index (χ4v) is 9.93. The number of nitrogens with zero attached hydrogens (tertiary/aromatic N) is 3. The van der Waals surface area contributed by atoms with Gasteiger partial charge in [0.2, 0.25) is 10.0 Å². The van der Waals surface area contributed by atoms with Crippen molar-refractivity contribution in [3.05, 3.63) is 77.1 Å². The summed E-state index contributed by atoms with van der Waals surface area (Å²) in [6, 6.07) is 11.4. The molecule has 3 aromatic rings. The monoisotopic (exact) mass is 679 g/mol. The molecule has 0 atom stereocenters. The van der Waals surface area contributed by atoms with Crippen LogP contribution in [0.15, 0.2) is 69.5 Å². The number of hydrogen-bond acceptors (Lipinski definition) is 7. The Balaban J connectivity index is 1.24. The molecule has 0 spiro atoms. The highest BCUT2D eigenvalue weighted by Crippen LogP contribution is 2.43. The zero-order chi connectivity index (χ0) is 33.2. The number of anilines is 1. The lowest BCUT2D eigenvalue weighted by Crippen LogP contribution is -2.49. The van der Waals surface area contributed by atoms with Gasteiger partial charge in [0.1, 0.15) is 11.5 Å². The fraction of sp³-hybridized carbons (Fsp3) is 0.406. The quantitative estimate of drug-likeness (QED) is 0.151. The Hall–Kier alpha value is -3.49. The lowest BCUT2D eigenvalue weighted by atomic mass is 9.77. The van der Waals surface area contributed by atoms with Crippen LogP contribution in [0.2, 0.25) is 0 Å². The average Bonchev–Trinajstić information content (AvgIpc) is 3.32. The summed E-state index contributed by atoms with van der Waals surface area (Å²) in [5.74, 6) is -1.02. The van der Waals surface area contributed by atoms with E-state index in [1.165, 1.54) is 29.2 Å². The number of alkyl halides is 3. The Kier molecular flexibility index (Phi) is 8.00. The Morgan fingerprint density at radius 3 is 1.93 bits per heavy atom. The van der Waals surface area contributed by atoms with Crippen molar-refractivity contribution in [3.63, 3.8) is 0 Å². The smallest absolute Gasteiger partial charge is 0.410 e. The summed E-state index contributed by atoms with van der Waals surface area (Å²) in [6.45, 7) is 3.92. The van der Waals surface area contributed by atoms with E-state index in [9.17, 15) is 39.6 Å². The first-order valence-corrected chi connectivity index (χ1v) is 17.9. The van der Waals surface area contributed by atoms with Crippen LogP contribution < -0.4 is 4.90 Å². The highest BCUT2D eigenvalue weighted by molar-refractivity contribution is 7.92. The van der Waals surface area contributed by atoms with E-state index in [0.29, 0.717) is 41.2 Å². The SMILES string of the molecule is CC1(C)CCC(S(=O)(=O)c2ccc3c(c2)/C(=N/O)c2cc(S(=O)(=O)N4CCN(c5ccc(F)cc5C(F)(F)F)CC4)ccc2-3)CC1. The maximum Gasteiger partial charge on any atom is 0.418 e. The second kappa shape index (κ2) is 11.3. The van der Waals surface area contributed by atoms with Crippen molar-refractivity contribution in [2.45, 2.75) is 60.7 Å². The van der Waals surface area contributed by atoms with Crippen LogP contribution in [0.25, 0.3) is 11.1 Å². The molecule has 1 N–H and O–H groups in total. The number of piperazine rings is 1. The molecular weight excluding hydrogens is 646 g/mol. The Morgan fingerprint density at radius 2 is 1.37 bits per heavy atom. The van der Waals surface area contributed by atoms with Crippen molar-refractivity contribution in [3.8, 4) is 11.1 Å². The van der Waals surface area contributed by atoms with Gasteiger partial charge in [-0.2, -0.15) is 17.5 Å². The first-order chi connectivity index (χ1) is 21.5. The van der Waals surface area contributed by atoms with Gasteiger partial charge in [-0.05, 0) is 84.7 Å². The third kappa shape index (κ3) is 5.68. The van der Waals surface area contributed by atoms with Gasteiger partial charge in [0.05, 0.1) is 20.6 Å². The molecule has 1 aliphatic heterocycles. The number of halogens is 4. The van der Waals surface area contributed by atoms with E-state index in [0.717, 1.165) is 29.3 Å². The van der Waals surface area contributed by atoms with Gasteiger partial charge in [-0.1, -0.05) is 31.1 Å². The summed E-state index contributed by atoms with van der Waals surface area (Å²) in [4.78, 5) is 1.39. The number of hydrogen-bond donors (Lipinski definition) is 1. The van der Waals surface area contributed by atoms with Crippen LogP contribution in [0.5, 0.6) is 0 Å². The van der Waals surface area contributed by atoms with Crippen LogP contribution in [0.4, 0.5) is 23.2 Å². The number of fused-ring (bicyclic) bond motifs is 3. The summed E-state index contributed by atoms with van der Waals surface area (Å²) in [7, 11) is -7.78. The molecule has 2 fully saturated rings. The van der Waals surface area contributed by atoms with E-state index in [4.69, 9.17) is 0 Å². The molecule has 0 aromatic heterocycles. The minimum atomic E-state index is -4.79. The van der Waals surface area contributed by atoms with Crippen molar-refractivity contribution in [2.24, 2.45) is 10.6 Å². The maximum atomic E-state index is 13.7. The number of sulfone groups is 1. The lowest BCUT2D eigenvalue weighted by Gasteiger charge is -2.36. The van der Waals surface area contributed by atoms with Crippen LogP contribution >= 0.6 is 0 Å². The zero-order valence-electron chi connectivity index (χ0n) is 25.2. The molecule has 0 amide bonds. The Bertz CT molecular complexity index is 1940. The molecule has 0 radical (unpaired) electrons. The van der Waals surface area contributed by atoms with E-state index in [-0.39, 0.29) is 52.8 Å². The molecule has 6 rings (SSSR count). The molecule has 3 aliphatic rings. The standard InChI is InChI=1S/C32H33F4N3O5S2/c1-31(2)11-9-21(10-12-31)45(41,42)22-4-6-24-25-7-5-23(19-27(25)30(37-40)26(24)18-22)46(43,44)39-15-13-38(14-16-39)29-8-3-20(33)17-28(29)32(34,35)36/h3-8,17-19,21,40H,9-16H2,1-2H3/b37-30-. The van der Waals surface area contributed by atoms with Crippen LogP contribution in [0.3, 0.4) is 0 Å². The minimum absolute atomic E-state index is 0.0460. The van der Waals surface area contributed by atoms with Crippen molar-refractivity contribution >= 4 is 31.3 Å². The van der Waals surface area contributed by atoms with Crippen molar-refractivity contribution in [1.82, 2.24) is 4.31 Å². The predicted octanol–water partition coefficient (Wildman–Crippen LogP) is 6.30. The summed E-state index contributed by atoms with van der Waals surface area (Å²) >= 11 is 0.